The zero-order chi connectivity index (χ0) is 27.8. The molecule has 13 heteroatoms. The summed E-state index contributed by atoms with van der Waals surface area (Å²) in [5.41, 5.74) is 0. The van der Waals surface area contributed by atoms with Gasteiger partial charge in [0.2, 0.25) is 17.5 Å². The number of nitrogens with one attached hydrogen (secondary N) is 1. The van der Waals surface area contributed by atoms with Crippen LogP contribution in [0.2, 0.25) is 0 Å². The first-order valence-electron chi connectivity index (χ1n) is 11.6. The first kappa shape index (κ1) is 28.4. The first-order chi connectivity index (χ1) is 18.1. The molecule has 204 valence electrons. The van der Waals surface area contributed by atoms with E-state index in [9.17, 15) is 36.7 Å². The molecule has 1 aliphatic rings. The number of hydrogen-bond acceptors (Lipinski definition) is 6. The van der Waals surface area contributed by atoms with E-state index in [-0.39, 0.29) is 12.6 Å². The van der Waals surface area contributed by atoms with E-state index in [1.807, 2.05) is 0 Å². The number of rotatable bonds is 9. The van der Waals surface area contributed by atoms with Crippen LogP contribution in [0.1, 0.15) is 25.7 Å². The maximum Gasteiger partial charge on any atom is 0.415 e. The van der Waals surface area contributed by atoms with E-state index in [4.69, 9.17) is 9.84 Å². The van der Waals surface area contributed by atoms with Gasteiger partial charge in [-0.2, -0.15) is 8.78 Å². The van der Waals surface area contributed by atoms with E-state index < -0.39 is 77.8 Å². The van der Waals surface area contributed by atoms with Gasteiger partial charge < -0.3 is 24.8 Å². The molecule has 0 bridgehead atoms. The molecule has 1 aliphatic heterocycles. The van der Waals surface area contributed by atoms with E-state index >= 15 is 0 Å². The minimum atomic E-state index is -1.88. The van der Waals surface area contributed by atoms with Gasteiger partial charge in [-0.1, -0.05) is 24.6 Å². The number of ketones is 1. The average Bonchev–Trinajstić information content (AvgIpc) is 3.14. The second kappa shape index (κ2) is 12.9. The second-order valence-electron chi connectivity index (χ2n) is 8.53. The van der Waals surface area contributed by atoms with Crippen LogP contribution in [0.25, 0.3) is 0 Å². The molecule has 1 unspecified atom stereocenters. The number of carbonyl (C=O) groups excluding carboxylic acids is 3. The summed E-state index contributed by atoms with van der Waals surface area (Å²) in [6.07, 6.45) is -0.139. The molecule has 2 aromatic rings. The highest BCUT2D eigenvalue weighted by Gasteiger charge is 2.32. The SMILES string of the molecule is O=C(O)C[C@H](NC(=O)C1CCCCN(C(=O)Oc2ccccc2)C1)C(=O)COc1c(F)c(F)cc(F)c1F. The predicted octanol–water partition coefficient (Wildman–Crippen LogP) is 3.45. The van der Waals surface area contributed by atoms with Crippen molar-refractivity contribution in [2.24, 2.45) is 5.92 Å². The Labute approximate surface area is 214 Å². The predicted molar refractivity (Wildman–Crippen MR) is 122 cm³/mol. The highest BCUT2D eigenvalue weighted by molar-refractivity contribution is 5.93. The number of para-hydroxylation sites is 1. The van der Waals surface area contributed by atoms with Gasteiger partial charge in [0.15, 0.2) is 23.2 Å². The molecule has 0 radical (unpaired) electrons. The Kier molecular flexibility index (Phi) is 9.63. The lowest BCUT2D eigenvalue weighted by Crippen LogP contribution is -2.48. The van der Waals surface area contributed by atoms with E-state index in [0.717, 1.165) is 0 Å². The Morgan fingerprint density at radius 1 is 1.03 bits per heavy atom. The number of carboxylic acid groups (broad SMARTS) is 1. The lowest BCUT2D eigenvalue weighted by Gasteiger charge is -2.25. The zero-order valence-electron chi connectivity index (χ0n) is 19.9. The monoisotopic (exact) mass is 540 g/mol. The number of Topliss-reactive ketones (excluding diaryl/α,β-unsaturated/α-hetero) is 1. The quantitative estimate of drug-likeness (QED) is 0.369. The van der Waals surface area contributed by atoms with Crippen LogP contribution in [-0.2, 0) is 14.4 Å². The van der Waals surface area contributed by atoms with Crippen LogP contribution in [0.15, 0.2) is 36.4 Å². The van der Waals surface area contributed by atoms with E-state index in [1.54, 1.807) is 30.3 Å². The molecule has 2 amide bonds. The van der Waals surface area contributed by atoms with Gasteiger partial charge >= 0.3 is 12.1 Å². The lowest BCUT2D eigenvalue weighted by molar-refractivity contribution is -0.141. The van der Waals surface area contributed by atoms with Crippen LogP contribution in [0.5, 0.6) is 11.5 Å². The normalized spacial score (nSPS) is 16.2. The van der Waals surface area contributed by atoms with Crippen LogP contribution in [0.3, 0.4) is 0 Å². The van der Waals surface area contributed by atoms with Crippen LogP contribution in [-0.4, -0.2) is 59.5 Å². The summed E-state index contributed by atoms with van der Waals surface area (Å²) in [4.78, 5) is 50.7. The summed E-state index contributed by atoms with van der Waals surface area (Å²) >= 11 is 0. The third-order valence-corrected chi connectivity index (χ3v) is 5.76. The molecule has 2 atom stereocenters. The molecule has 1 heterocycles. The van der Waals surface area contributed by atoms with E-state index in [2.05, 4.69) is 10.1 Å². The summed E-state index contributed by atoms with van der Waals surface area (Å²) < 4.78 is 64.3. The Morgan fingerprint density at radius 3 is 2.32 bits per heavy atom. The number of amides is 2. The molecule has 3 rings (SSSR count). The van der Waals surface area contributed by atoms with Gasteiger partial charge in [-0.15, -0.1) is 0 Å². The molecular weight excluding hydrogens is 516 g/mol. The number of nitrogens with zero attached hydrogens (tertiary/aromatic N) is 1. The van der Waals surface area contributed by atoms with Crippen LogP contribution < -0.4 is 14.8 Å². The Bertz CT molecular complexity index is 1170. The number of carboxylic acids is 1. The van der Waals surface area contributed by atoms with Gasteiger partial charge in [0.05, 0.1) is 12.3 Å². The van der Waals surface area contributed by atoms with Crippen molar-refractivity contribution in [2.75, 3.05) is 19.7 Å². The van der Waals surface area contributed by atoms with Gasteiger partial charge in [0, 0.05) is 19.2 Å². The van der Waals surface area contributed by atoms with Crippen molar-refractivity contribution >= 4 is 23.8 Å². The van der Waals surface area contributed by atoms with E-state index in [0.29, 0.717) is 31.6 Å². The van der Waals surface area contributed by atoms with Crippen molar-refractivity contribution < 1.29 is 51.3 Å². The largest absolute Gasteiger partial charge is 0.481 e. The summed E-state index contributed by atoms with van der Waals surface area (Å²) in [6, 6.07) is 6.54. The summed E-state index contributed by atoms with van der Waals surface area (Å²) in [6.45, 7) is -0.946. The van der Waals surface area contributed by atoms with Crippen molar-refractivity contribution in [2.45, 2.75) is 31.7 Å². The maximum absolute atomic E-state index is 13.8. The maximum atomic E-state index is 13.8. The fourth-order valence-electron chi connectivity index (χ4n) is 3.81. The highest BCUT2D eigenvalue weighted by Crippen LogP contribution is 2.26. The lowest BCUT2D eigenvalue weighted by atomic mass is 10.0. The van der Waals surface area contributed by atoms with Crippen molar-refractivity contribution in [1.29, 1.82) is 0 Å². The van der Waals surface area contributed by atoms with Crippen molar-refractivity contribution in [3.05, 3.63) is 59.7 Å². The van der Waals surface area contributed by atoms with Crippen molar-refractivity contribution in [3.63, 3.8) is 0 Å². The number of likely N-dealkylation sites (tertiary alicyclic amines) is 1. The summed E-state index contributed by atoms with van der Waals surface area (Å²) in [5, 5.41) is 11.4. The number of carbonyl (C=O) groups is 4. The number of benzene rings is 2. The molecule has 38 heavy (non-hydrogen) atoms. The second-order valence-corrected chi connectivity index (χ2v) is 8.53. The standard InChI is InChI=1S/C25H24F4N2O7/c26-16-10-17(27)22(29)23(21(16)28)37-13-19(32)18(11-20(33)34)30-24(35)14-6-4-5-9-31(12-14)25(36)38-15-7-2-1-3-8-15/h1-3,7-8,10,14,18H,4-6,9,11-13H2,(H,30,35)(H,33,34)/t14?,18-/m0/s1. The molecule has 0 aliphatic carbocycles. The Hall–Kier alpha value is -4.16. The molecule has 2 N–H and O–H groups in total. The summed E-state index contributed by atoms with van der Waals surface area (Å²) in [7, 11) is 0. The molecule has 0 aromatic heterocycles. The third kappa shape index (κ3) is 7.43. The third-order valence-electron chi connectivity index (χ3n) is 5.76. The Morgan fingerprint density at radius 2 is 1.68 bits per heavy atom. The fourth-order valence-corrected chi connectivity index (χ4v) is 3.81. The van der Waals surface area contributed by atoms with Gasteiger partial charge in [0.25, 0.3) is 0 Å². The van der Waals surface area contributed by atoms with Crippen LogP contribution >= 0.6 is 0 Å². The zero-order valence-corrected chi connectivity index (χ0v) is 19.9. The number of aliphatic carboxylic acids is 1. The highest BCUT2D eigenvalue weighted by atomic mass is 19.2. The first-order valence-corrected chi connectivity index (χ1v) is 11.6. The minimum absolute atomic E-state index is 0.0432. The number of halogens is 4. The Balaban J connectivity index is 1.66. The average molecular weight is 540 g/mol. The van der Waals surface area contributed by atoms with Crippen LogP contribution in [0, 0.1) is 29.2 Å². The molecule has 1 saturated heterocycles. The van der Waals surface area contributed by atoms with E-state index in [1.165, 1.54) is 4.90 Å². The van der Waals surface area contributed by atoms with Gasteiger partial charge in [-0.05, 0) is 25.0 Å². The molecule has 9 nitrogen and oxygen atoms in total. The van der Waals surface area contributed by atoms with Crippen molar-refractivity contribution in [3.8, 4) is 11.5 Å². The molecule has 0 saturated carbocycles. The van der Waals surface area contributed by atoms with Gasteiger partial charge in [0.1, 0.15) is 18.4 Å². The summed E-state index contributed by atoms with van der Waals surface area (Å²) in [5.74, 6) is -12.6. The number of hydrogen-bond donors (Lipinski definition) is 2. The van der Waals surface area contributed by atoms with Gasteiger partial charge in [-0.3, -0.25) is 14.4 Å². The molecule has 2 aromatic carbocycles. The number of ether oxygens (including phenoxy) is 2. The van der Waals surface area contributed by atoms with Gasteiger partial charge in [-0.25, -0.2) is 13.6 Å². The molecule has 0 spiro atoms. The topological polar surface area (TPSA) is 122 Å². The minimum Gasteiger partial charge on any atom is -0.481 e. The molecular formula is C25H24F4N2O7. The molecule has 1 fully saturated rings. The van der Waals surface area contributed by atoms with Crippen LogP contribution in [0.4, 0.5) is 22.4 Å². The fraction of sp³-hybridized carbons (Fsp3) is 0.360. The van der Waals surface area contributed by atoms with Crippen molar-refractivity contribution in [1.82, 2.24) is 10.2 Å². The smallest absolute Gasteiger partial charge is 0.415 e.